The van der Waals surface area contributed by atoms with Crippen LogP contribution in [-0.4, -0.2) is 21.3 Å². The minimum Gasteiger partial charge on any atom is -0.508 e. The maximum Gasteiger partial charge on any atom is 0.331 e. The van der Waals surface area contributed by atoms with Gasteiger partial charge in [0, 0.05) is 11.1 Å². The van der Waals surface area contributed by atoms with Gasteiger partial charge in [0.25, 0.3) is 0 Å². The average molecular weight is 194 g/mol. The first-order valence-electron chi connectivity index (χ1n) is 3.94. The fourth-order valence-corrected chi connectivity index (χ4v) is 0.953. The van der Waals surface area contributed by atoms with Crippen molar-refractivity contribution in [3.63, 3.8) is 0 Å². The van der Waals surface area contributed by atoms with Crippen LogP contribution in [-0.2, 0) is 4.79 Å². The van der Waals surface area contributed by atoms with Crippen molar-refractivity contribution in [3.05, 3.63) is 29.3 Å². The fourth-order valence-electron chi connectivity index (χ4n) is 0.953. The largest absolute Gasteiger partial charge is 0.508 e. The van der Waals surface area contributed by atoms with Crippen molar-refractivity contribution in [1.29, 1.82) is 0 Å². The van der Waals surface area contributed by atoms with E-state index in [2.05, 4.69) is 0 Å². The van der Waals surface area contributed by atoms with Gasteiger partial charge in [0.2, 0.25) is 0 Å². The Morgan fingerprint density at radius 3 is 2.57 bits per heavy atom. The zero-order valence-electron chi connectivity index (χ0n) is 7.56. The van der Waals surface area contributed by atoms with E-state index < -0.39 is 5.97 Å². The second-order valence-corrected chi connectivity index (χ2v) is 2.88. The molecular formula is C10H10O4. The summed E-state index contributed by atoms with van der Waals surface area (Å²) in [6, 6.07) is 3.92. The van der Waals surface area contributed by atoms with E-state index in [1.165, 1.54) is 31.2 Å². The number of benzene rings is 1. The Hall–Kier alpha value is -1.97. The molecule has 14 heavy (non-hydrogen) atoms. The molecule has 0 fully saturated rings. The molecule has 74 valence electrons. The highest BCUT2D eigenvalue weighted by Crippen LogP contribution is 2.24. The molecule has 0 radical (unpaired) electrons. The van der Waals surface area contributed by atoms with Crippen molar-refractivity contribution in [3.8, 4) is 11.5 Å². The summed E-state index contributed by atoms with van der Waals surface area (Å²) in [4.78, 5) is 10.5. The van der Waals surface area contributed by atoms with E-state index in [0.717, 1.165) is 0 Å². The van der Waals surface area contributed by atoms with E-state index in [0.29, 0.717) is 0 Å². The SMILES string of the molecule is C/C(=C/c1cc(O)ccc1O)C(=O)O. The molecule has 0 atom stereocenters. The molecule has 0 heterocycles. The Morgan fingerprint density at radius 1 is 1.36 bits per heavy atom. The van der Waals surface area contributed by atoms with Gasteiger partial charge in [-0.2, -0.15) is 0 Å². The molecule has 0 saturated heterocycles. The predicted molar refractivity (Wildman–Crippen MR) is 51.1 cm³/mol. The van der Waals surface area contributed by atoms with Crippen LogP contribution in [0.25, 0.3) is 6.08 Å². The molecule has 0 bridgehead atoms. The molecule has 0 unspecified atom stereocenters. The monoisotopic (exact) mass is 194 g/mol. The summed E-state index contributed by atoms with van der Waals surface area (Å²) >= 11 is 0. The summed E-state index contributed by atoms with van der Waals surface area (Å²) in [6.45, 7) is 1.41. The van der Waals surface area contributed by atoms with E-state index in [1.807, 2.05) is 0 Å². The average Bonchev–Trinajstić information content (AvgIpc) is 2.11. The van der Waals surface area contributed by atoms with Crippen molar-refractivity contribution in [1.82, 2.24) is 0 Å². The van der Waals surface area contributed by atoms with Crippen LogP contribution in [0.15, 0.2) is 23.8 Å². The van der Waals surface area contributed by atoms with Gasteiger partial charge in [0.15, 0.2) is 0 Å². The molecule has 4 heteroatoms. The Bertz CT molecular complexity index is 393. The summed E-state index contributed by atoms with van der Waals surface area (Å²) < 4.78 is 0. The number of carboxylic acid groups (broad SMARTS) is 1. The maximum atomic E-state index is 10.5. The normalized spacial score (nSPS) is 11.4. The van der Waals surface area contributed by atoms with Crippen LogP contribution < -0.4 is 0 Å². The molecular weight excluding hydrogens is 184 g/mol. The molecule has 1 rings (SSSR count). The summed E-state index contributed by atoms with van der Waals surface area (Å²) in [5.41, 5.74) is 0.371. The lowest BCUT2D eigenvalue weighted by atomic mass is 10.1. The zero-order chi connectivity index (χ0) is 10.7. The summed E-state index contributed by atoms with van der Waals surface area (Å²) in [7, 11) is 0. The van der Waals surface area contributed by atoms with Crippen LogP contribution in [0.2, 0.25) is 0 Å². The number of rotatable bonds is 2. The number of aliphatic carboxylic acids is 1. The van der Waals surface area contributed by atoms with Gasteiger partial charge in [-0.1, -0.05) is 0 Å². The Balaban J connectivity index is 3.13. The van der Waals surface area contributed by atoms with Gasteiger partial charge in [-0.05, 0) is 31.2 Å². The van der Waals surface area contributed by atoms with E-state index in [1.54, 1.807) is 0 Å². The Labute approximate surface area is 80.7 Å². The van der Waals surface area contributed by atoms with Gasteiger partial charge in [0.1, 0.15) is 11.5 Å². The summed E-state index contributed by atoms with van der Waals surface area (Å²) in [5, 5.41) is 27.0. The number of phenols is 2. The lowest BCUT2D eigenvalue weighted by molar-refractivity contribution is -0.132. The smallest absolute Gasteiger partial charge is 0.331 e. The third-order valence-corrected chi connectivity index (χ3v) is 1.72. The van der Waals surface area contributed by atoms with Crippen LogP contribution in [0, 0.1) is 0 Å². The number of hydrogen-bond acceptors (Lipinski definition) is 3. The van der Waals surface area contributed by atoms with Gasteiger partial charge in [-0.15, -0.1) is 0 Å². The topological polar surface area (TPSA) is 77.8 Å². The molecule has 0 aliphatic rings. The third kappa shape index (κ3) is 2.26. The molecule has 0 spiro atoms. The quantitative estimate of drug-likeness (QED) is 0.493. The van der Waals surface area contributed by atoms with Crippen molar-refractivity contribution < 1.29 is 20.1 Å². The molecule has 1 aromatic carbocycles. The summed E-state index contributed by atoms with van der Waals surface area (Å²) in [6.07, 6.45) is 1.29. The molecule has 3 N–H and O–H groups in total. The first-order chi connectivity index (χ1) is 6.50. The maximum absolute atomic E-state index is 10.5. The van der Waals surface area contributed by atoms with Crippen molar-refractivity contribution in [2.45, 2.75) is 6.92 Å². The first-order valence-corrected chi connectivity index (χ1v) is 3.94. The lowest BCUT2D eigenvalue weighted by Gasteiger charge is -2.00. The number of hydrogen-bond donors (Lipinski definition) is 3. The molecule has 0 aliphatic heterocycles. The second-order valence-electron chi connectivity index (χ2n) is 2.88. The standard InChI is InChI=1S/C10H10O4/c1-6(10(13)14)4-7-5-8(11)2-3-9(7)12/h2-5,11-12H,1H3,(H,13,14)/b6-4-. The molecule has 4 nitrogen and oxygen atoms in total. The molecule has 0 amide bonds. The van der Waals surface area contributed by atoms with Crippen molar-refractivity contribution in [2.24, 2.45) is 0 Å². The Morgan fingerprint density at radius 2 is 2.00 bits per heavy atom. The van der Waals surface area contributed by atoms with Crippen LogP contribution >= 0.6 is 0 Å². The zero-order valence-corrected chi connectivity index (χ0v) is 7.56. The first kappa shape index (κ1) is 10.1. The van der Waals surface area contributed by atoms with Gasteiger partial charge >= 0.3 is 5.97 Å². The van der Waals surface area contributed by atoms with E-state index in [-0.39, 0.29) is 22.6 Å². The van der Waals surface area contributed by atoms with Crippen LogP contribution in [0.4, 0.5) is 0 Å². The minimum atomic E-state index is -1.06. The molecule has 1 aromatic rings. The molecule has 0 saturated carbocycles. The second kappa shape index (κ2) is 3.83. The van der Waals surface area contributed by atoms with E-state index in [9.17, 15) is 9.90 Å². The van der Waals surface area contributed by atoms with Gasteiger partial charge in [-0.3, -0.25) is 0 Å². The van der Waals surface area contributed by atoms with Crippen molar-refractivity contribution in [2.75, 3.05) is 0 Å². The minimum absolute atomic E-state index is 0.0211. The van der Waals surface area contributed by atoms with Gasteiger partial charge in [0.05, 0.1) is 0 Å². The number of carboxylic acids is 1. The number of carbonyl (C=O) groups is 1. The predicted octanol–water partition coefficient (Wildman–Crippen LogP) is 1.59. The number of aromatic hydroxyl groups is 2. The Kier molecular flexibility index (Phi) is 2.76. The van der Waals surface area contributed by atoms with Crippen LogP contribution in [0.3, 0.4) is 0 Å². The lowest BCUT2D eigenvalue weighted by Crippen LogP contribution is -1.95. The molecule has 0 aliphatic carbocycles. The number of phenolic OH excluding ortho intramolecular Hbond substituents is 2. The van der Waals surface area contributed by atoms with Gasteiger partial charge < -0.3 is 15.3 Å². The molecule has 0 aromatic heterocycles. The van der Waals surface area contributed by atoms with Crippen LogP contribution in [0.1, 0.15) is 12.5 Å². The fraction of sp³-hybridized carbons (Fsp3) is 0.100. The van der Waals surface area contributed by atoms with E-state index in [4.69, 9.17) is 10.2 Å². The van der Waals surface area contributed by atoms with Gasteiger partial charge in [-0.25, -0.2) is 4.79 Å². The third-order valence-electron chi connectivity index (χ3n) is 1.72. The van der Waals surface area contributed by atoms with Crippen LogP contribution in [0.5, 0.6) is 11.5 Å². The van der Waals surface area contributed by atoms with Crippen molar-refractivity contribution >= 4 is 12.0 Å². The highest BCUT2D eigenvalue weighted by atomic mass is 16.4. The highest BCUT2D eigenvalue weighted by molar-refractivity contribution is 5.91. The van der Waals surface area contributed by atoms with E-state index >= 15 is 0 Å². The highest BCUT2D eigenvalue weighted by Gasteiger charge is 2.03. The summed E-state index contributed by atoms with van der Waals surface area (Å²) in [5.74, 6) is -1.15.